The lowest BCUT2D eigenvalue weighted by Gasteiger charge is -2.38. The molecule has 3 N–H and O–H groups in total. The van der Waals surface area contributed by atoms with Gasteiger partial charge in [0, 0.05) is 43.2 Å². The van der Waals surface area contributed by atoms with E-state index in [2.05, 4.69) is 27.4 Å². The number of hydrogen-bond acceptors (Lipinski definition) is 5. The first-order valence-corrected chi connectivity index (χ1v) is 11.5. The number of aromatic nitrogens is 1. The Hall–Kier alpha value is -2.38. The Bertz CT molecular complexity index is 845. The third-order valence-electron chi connectivity index (χ3n) is 6.14. The fourth-order valence-electron chi connectivity index (χ4n) is 4.31. The van der Waals surface area contributed by atoms with Crippen molar-refractivity contribution >= 4 is 22.6 Å². The largest absolute Gasteiger partial charge is 0.497 e. The number of unbranched alkanes of at least 4 members (excludes halogenated alkanes) is 4. The Labute approximate surface area is 185 Å². The van der Waals surface area contributed by atoms with Crippen LogP contribution in [0.25, 0.3) is 10.9 Å². The van der Waals surface area contributed by atoms with Crippen LogP contribution in [0.1, 0.15) is 45.4 Å². The Morgan fingerprint density at radius 2 is 2.10 bits per heavy atom. The number of nitrogens with one attached hydrogen (secondary N) is 2. The smallest absolute Gasteiger partial charge is 0.319 e. The van der Waals surface area contributed by atoms with Crippen LogP contribution in [0.15, 0.2) is 30.5 Å². The molecule has 2 amide bonds. The van der Waals surface area contributed by atoms with Gasteiger partial charge in [0.25, 0.3) is 0 Å². The van der Waals surface area contributed by atoms with E-state index in [0.29, 0.717) is 11.4 Å². The number of amides is 2. The number of carbonyl (C=O) groups is 1. The molecule has 0 unspecified atom stereocenters. The van der Waals surface area contributed by atoms with Crippen molar-refractivity contribution in [1.82, 2.24) is 15.2 Å². The number of carbonyl (C=O) groups excluding carboxylic acids is 1. The Kier molecular flexibility index (Phi) is 8.91. The molecule has 0 spiro atoms. The molecular weight excluding hydrogens is 392 g/mol. The second kappa shape index (κ2) is 11.9. The topological polar surface area (TPSA) is 86.7 Å². The number of nitrogens with zero attached hydrogens (tertiary/aromatic N) is 2. The van der Waals surface area contributed by atoms with Crippen LogP contribution >= 0.6 is 0 Å². The Morgan fingerprint density at radius 1 is 1.26 bits per heavy atom. The van der Waals surface area contributed by atoms with Crippen molar-refractivity contribution in [2.75, 3.05) is 38.7 Å². The average molecular weight is 429 g/mol. The molecule has 1 saturated heterocycles. The average Bonchev–Trinajstić information content (AvgIpc) is 2.79. The number of fused-ring (bicyclic) bond motifs is 1. The number of pyridine rings is 1. The van der Waals surface area contributed by atoms with E-state index in [1.54, 1.807) is 19.4 Å². The van der Waals surface area contributed by atoms with Crippen LogP contribution in [-0.4, -0.2) is 60.4 Å². The van der Waals surface area contributed by atoms with Gasteiger partial charge in [-0.25, -0.2) is 4.79 Å². The molecule has 0 bridgehead atoms. The zero-order chi connectivity index (χ0) is 22.1. The van der Waals surface area contributed by atoms with E-state index >= 15 is 0 Å². The fraction of sp³-hybridized carbons (Fsp3) is 0.583. The summed E-state index contributed by atoms with van der Waals surface area (Å²) in [5.74, 6) is 0.760. The highest BCUT2D eigenvalue weighted by Crippen LogP contribution is 2.26. The number of aliphatic hydroxyl groups excluding tert-OH is 1. The second-order valence-corrected chi connectivity index (χ2v) is 8.39. The molecule has 1 aliphatic heterocycles. The summed E-state index contributed by atoms with van der Waals surface area (Å²) >= 11 is 0. The van der Waals surface area contributed by atoms with E-state index in [4.69, 9.17) is 4.74 Å². The number of piperidine rings is 1. The lowest BCUT2D eigenvalue weighted by Crippen LogP contribution is -2.53. The standard InChI is InChI=1S/C24H36N4O3/c1-3-4-5-6-7-13-28-14-11-21(18(16-28)17-29)26-24(30)27-23-10-12-25-22-9-8-19(31-2)15-20(22)23/h8-10,12,15,18,21,29H,3-7,11,13-14,16-17H2,1-2H3,(H2,25,26,27,30)/t18-,21-/m0/s1. The van der Waals surface area contributed by atoms with Gasteiger partial charge in [0.1, 0.15) is 5.75 Å². The molecule has 2 aromatic rings. The van der Waals surface area contributed by atoms with E-state index in [-0.39, 0.29) is 24.6 Å². The van der Waals surface area contributed by atoms with Crippen LogP contribution in [0.3, 0.4) is 0 Å². The molecule has 7 nitrogen and oxygen atoms in total. The number of ether oxygens (including phenoxy) is 1. The fourth-order valence-corrected chi connectivity index (χ4v) is 4.31. The van der Waals surface area contributed by atoms with E-state index in [9.17, 15) is 9.90 Å². The summed E-state index contributed by atoms with van der Waals surface area (Å²) in [4.78, 5) is 19.5. The molecule has 1 fully saturated rings. The highest BCUT2D eigenvalue weighted by atomic mass is 16.5. The molecule has 2 heterocycles. The number of benzene rings is 1. The van der Waals surface area contributed by atoms with Crippen molar-refractivity contribution in [1.29, 1.82) is 0 Å². The van der Waals surface area contributed by atoms with Gasteiger partial charge in [0.2, 0.25) is 0 Å². The summed E-state index contributed by atoms with van der Waals surface area (Å²) in [5.41, 5.74) is 1.48. The van der Waals surface area contributed by atoms with Crippen molar-refractivity contribution in [2.45, 2.75) is 51.5 Å². The molecule has 2 atom stereocenters. The highest BCUT2D eigenvalue weighted by molar-refractivity contribution is 6.00. The van der Waals surface area contributed by atoms with Gasteiger partial charge >= 0.3 is 6.03 Å². The van der Waals surface area contributed by atoms with Gasteiger partial charge in [-0.05, 0) is 43.7 Å². The van der Waals surface area contributed by atoms with Crippen molar-refractivity contribution in [2.24, 2.45) is 5.92 Å². The number of rotatable bonds is 10. The van der Waals surface area contributed by atoms with Gasteiger partial charge in [-0.1, -0.05) is 32.6 Å². The van der Waals surface area contributed by atoms with Crippen molar-refractivity contribution in [3.05, 3.63) is 30.5 Å². The molecule has 7 heteroatoms. The predicted octanol–water partition coefficient (Wildman–Crippen LogP) is 4.02. The lowest BCUT2D eigenvalue weighted by molar-refractivity contribution is 0.0926. The van der Waals surface area contributed by atoms with Crippen LogP contribution in [0.4, 0.5) is 10.5 Å². The minimum Gasteiger partial charge on any atom is -0.497 e. The second-order valence-electron chi connectivity index (χ2n) is 8.39. The Balaban J connectivity index is 1.54. The van der Waals surface area contributed by atoms with E-state index in [1.807, 2.05) is 18.2 Å². The molecule has 1 aromatic heterocycles. The third-order valence-corrected chi connectivity index (χ3v) is 6.14. The van der Waals surface area contributed by atoms with Crippen LogP contribution in [0.5, 0.6) is 5.75 Å². The van der Waals surface area contributed by atoms with Crippen molar-refractivity contribution in [3.8, 4) is 5.75 Å². The molecule has 3 rings (SSSR count). The molecule has 0 aliphatic carbocycles. The first kappa shape index (κ1) is 23.3. The molecule has 0 saturated carbocycles. The molecular formula is C24H36N4O3. The summed E-state index contributed by atoms with van der Waals surface area (Å²) in [6.07, 6.45) is 8.86. The van der Waals surface area contributed by atoms with Gasteiger partial charge in [0.15, 0.2) is 0 Å². The summed E-state index contributed by atoms with van der Waals surface area (Å²) in [5, 5.41) is 16.8. The number of urea groups is 1. The maximum Gasteiger partial charge on any atom is 0.319 e. The van der Waals surface area contributed by atoms with Crippen LogP contribution < -0.4 is 15.4 Å². The molecule has 170 valence electrons. The number of anilines is 1. The molecule has 0 radical (unpaired) electrons. The number of likely N-dealkylation sites (tertiary alicyclic amines) is 1. The van der Waals surface area contributed by atoms with Crippen LogP contribution in [0, 0.1) is 5.92 Å². The quantitative estimate of drug-likeness (QED) is 0.498. The minimum atomic E-state index is -0.258. The Morgan fingerprint density at radius 3 is 2.87 bits per heavy atom. The minimum absolute atomic E-state index is 0.0380. The summed E-state index contributed by atoms with van der Waals surface area (Å²) < 4.78 is 5.30. The van der Waals surface area contributed by atoms with Gasteiger partial charge in [-0.2, -0.15) is 0 Å². The third kappa shape index (κ3) is 6.55. The van der Waals surface area contributed by atoms with Gasteiger partial charge < -0.3 is 25.4 Å². The van der Waals surface area contributed by atoms with E-state index < -0.39 is 0 Å². The van der Waals surface area contributed by atoms with Crippen LogP contribution in [0.2, 0.25) is 0 Å². The number of aliphatic hydroxyl groups is 1. The van der Waals surface area contributed by atoms with Gasteiger partial charge in [-0.15, -0.1) is 0 Å². The SMILES string of the molecule is CCCCCCCN1CC[C@H](NC(=O)Nc2ccnc3ccc(OC)cc23)[C@H](CO)C1. The molecule has 31 heavy (non-hydrogen) atoms. The zero-order valence-corrected chi connectivity index (χ0v) is 18.8. The summed E-state index contributed by atoms with van der Waals surface area (Å²) in [7, 11) is 1.62. The monoisotopic (exact) mass is 428 g/mol. The zero-order valence-electron chi connectivity index (χ0n) is 18.8. The molecule has 1 aromatic carbocycles. The van der Waals surface area contributed by atoms with Crippen molar-refractivity contribution in [3.63, 3.8) is 0 Å². The maximum atomic E-state index is 12.7. The first-order chi connectivity index (χ1) is 15.1. The summed E-state index contributed by atoms with van der Waals surface area (Å²) in [6.45, 7) is 5.15. The highest BCUT2D eigenvalue weighted by Gasteiger charge is 2.29. The predicted molar refractivity (Wildman–Crippen MR) is 125 cm³/mol. The van der Waals surface area contributed by atoms with E-state index in [1.165, 1.54) is 32.1 Å². The summed E-state index contributed by atoms with van der Waals surface area (Å²) in [6, 6.07) is 7.08. The lowest BCUT2D eigenvalue weighted by atomic mass is 9.92. The molecule has 1 aliphatic rings. The van der Waals surface area contributed by atoms with Crippen LogP contribution in [-0.2, 0) is 0 Å². The van der Waals surface area contributed by atoms with Crippen molar-refractivity contribution < 1.29 is 14.6 Å². The van der Waals surface area contributed by atoms with Gasteiger partial charge in [-0.3, -0.25) is 4.98 Å². The van der Waals surface area contributed by atoms with E-state index in [0.717, 1.165) is 37.0 Å². The number of hydrogen-bond donors (Lipinski definition) is 3. The van der Waals surface area contributed by atoms with Gasteiger partial charge in [0.05, 0.1) is 18.3 Å². The maximum absolute atomic E-state index is 12.7. The normalized spacial score (nSPS) is 19.3. The first-order valence-electron chi connectivity index (χ1n) is 11.5. The number of methoxy groups -OCH3 is 1.